The minimum absolute atomic E-state index is 0.0799. The van der Waals surface area contributed by atoms with E-state index in [2.05, 4.69) is 9.97 Å². The fraction of sp³-hybridized carbons (Fsp3) is 0.150. The molecule has 2 aliphatic heterocycles. The van der Waals surface area contributed by atoms with Crippen molar-refractivity contribution in [2.75, 3.05) is 0 Å². The SMILES string of the molecule is NC1CC(c2ccccc2)Oc2ccc(Oc3cc([N+](=O)[O-])ccn3)cc21.NC1CC(c2ccccc2)Oc2ccc(Oc3cc([N+](=O)[O-])ccn3)cc21. The largest absolute Gasteiger partial charge is 0.485 e. The van der Waals surface area contributed by atoms with E-state index in [9.17, 15) is 20.2 Å². The van der Waals surface area contributed by atoms with Crippen molar-refractivity contribution >= 4 is 11.4 Å². The van der Waals surface area contributed by atoms with E-state index in [-0.39, 0.29) is 47.4 Å². The van der Waals surface area contributed by atoms with Crippen LogP contribution in [0, 0.1) is 20.2 Å². The van der Waals surface area contributed by atoms with E-state index in [1.165, 1.54) is 36.7 Å². The Bertz CT molecular complexity index is 2120. The molecule has 0 amide bonds. The summed E-state index contributed by atoms with van der Waals surface area (Å²) < 4.78 is 23.5. The molecule has 0 saturated carbocycles. The number of pyridine rings is 2. The molecule has 2 aromatic heterocycles. The highest BCUT2D eigenvalue weighted by Crippen LogP contribution is 2.43. The molecule has 8 rings (SSSR count). The number of benzene rings is 4. The molecule has 4 unspecified atom stereocenters. The molecule has 4 aromatic carbocycles. The third kappa shape index (κ3) is 8.25. The van der Waals surface area contributed by atoms with Gasteiger partial charge in [-0.2, -0.15) is 0 Å². The first kappa shape index (κ1) is 35.5. The smallest absolute Gasteiger partial charge is 0.276 e. The molecule has 0 aliphatic carbocycles. The highest BCUT2D eigenvalue weighted by molar-refractivity contribution is 5.47. The van der Waals surface area contributed by atoms with E-state index in [4.69, 9.17) is 30.4 Å². The van der Waals surface area contributed by atoms with E-state index in [1.807, 2.05) is 60.7 Å². The third-order valence-corrected chi connectivity index (χ3v) is 8.88. The van der Waals surface area contributed by atoms with Crippen molar-refractivity contribution in [3.63, 3.8) is 0 Å². The minimum Gasteiger partial charge on any atom is -0.485 e. The van der Waals surface area contributed by atoms with Gasteiger partial charge in [0, 0.05) is 60.6 Å². The fourth-order valence-electron chi connectivity index (χ4n) is 6.21. The maximum Gasteiger partial charge on any atom is 0.276 e. The summed E-state index contributed by atoms with van der Waals surface area (Å²) in [4.78, 5) is 28.8. The van der Waals surface area contributed by atoms with Crippen LogP contribution in [0.15, 0.2) is 134 Å². The van der Waals surface area contributed by atoms with Gasteiger partial charge in [0.2, 0.25) is 11.8 Å². The van der Waals surface area contributed by atoms with Crippen LogP contribution in [0.25, 0.3) is 0 Å². The Kier molecular flexibility index (Phi) is 10.4. The Morgan fingerprint density at radius 1 is 0.574 bits per heavy atom. The van der Waals surface area contributed by atoms with Crippen molar-refractivity contribution < 1.29 is 28.8 Å². The average Bonchev–Trinajstić information content (AvgIpc) is 3.19. The molecule has 0 spiro atoms. The second-order valence-corrected chi connectivity index (χ2v) is 12.5. The third-order valence-electron chi connectivity index (χ3n) is 8.88. The van der Waals surface area contributed by atoms with Crippen molar-refractivity contribution in [1.82, 2.24) is 9.97 Å². The van der Waals surface area contributed by atoms with Gasteiger partial charge in [0.15, 0.2) is 0 Å². The number of aromatic nitrogens is 2. The summed E-state index contributed by atoms with van der Waals surface area (Å²) in [5.74, 6) is 2.72. The first-order valence-electron chi connectivity index (χ1n) is 17.0. The molecule has 4 atom stereocenters. The summed E-state index contributed by atoms with van der Waals surface area (Å²) in [5.41, 5.74) is 16.4. The van der Waals surface area contributed by atoms with E-state index in [0.717, 1.165) is 22.3 Å². The summed E-state index contributed by atoms with van der Waals surface area (Å²) in [6, 6.07) is 35.3. The van der Waals surface area contributed by atoms with Gasteiger partial charge in [-0.1, -0.05) is 60.7 Å². The normalized spacial score (nSPS) is 18.3. The van der Waals surface area contributed by atoms with Crippen molar-refractivity contribution in [3.05, 3.63) is 176 Å². The van der Waals surface area contributed by atoms with Crippen LogP contribution in [0.3, 0.4) is 0 Å². The predicted molar refractivity (Wildman–Crippen MR) is 198 cm³/mol. The van der Waals surface area contributed by atoms with Crippen molar-refractivity contribution in [2.24, 2.45) is 11.5 Å². The van der Waals surface area contributed by atoms with Gasteiger partial charge in [-0.15, -0.1) is 0 Å². The Balaban J connectivity index is 0.000000167. The zero-order chi connectivity index (χ0) is 37.6. The molecule has 4 N–H and O–H groups in total. The van der Waals surface area contributed by atoms with Gasteiger partial charge in [0.1, 0.15) is 35.2 Å². The van der Waals surface area contributed by atoms with Crippen LogP contribution in [0.2, 0.25) is 0 Å². The number of nitrogens with two attached hydrogens (primary N) is 2. The van der Waals surface area contributed by atoms with Crippen LogP contribution in [-0.4, -0.2) is 19.8 Å². The zero-order valence-electron chi connectivity index (χ0n) is 28.6. The van der Waals surface area contributed by atoms with Crippen LogP contribution in [0.4, 0.5) is 11.4 Å². The maximum atomic E-state index is 10.9. The first-order chi connectivity index (χ1) is 26.2. The van der Waals surface area contributed by atoms with Gasteiger partial charge >= 0.3 is 0 Å². The number of ether oxygens (including phenoxy) is 4. The number of hydrogen-bond acceptors (Lipinski definition) is 12. The molecule has 14 heteroatoms. The van der Waals surface area contributed by atoms with E-state index in [1.54, 1.807) is 36.4 Å². The zero-order valence-corrected chi connectivity index (χ0v) is 28.6. The summed E-state index contributed by atoms with van der Waals surface area (Å²) in [6.45, 7) is 0. The minimum atomic E-state index is -0.491. The molecule has 0 radical (unpaired) electrons. The molecule has 6 aromatic rings. The number of nitro groups is 2. The highest BCUT2D eigenvalue weighted by Gasteiger charge is 2.29. The van der Waals surface area contributed by atoms with E-state index in [0.29, 0.717) is 35.8 Å². The van der Waals surface area contributed by atoms with Crippen LogP contribution in [0.5, 0.6) is 34.8 Å². The Hall–Kier alpha value is -6.90. The Morgan fingerprint density at radius 2 is 0.981 bits per heavy atom. The first-order valence-corrected chi connectivity index (χ1v) is 17.0. The van der Waals surface area contributed by atoms with Gasteiger partial charge < -0.3 is 30.4 Å². The molecule has 272 valence electrons. The molecule has 14 nitrogen and oxygen atoms in total. The van der Waals surface area contributed by atoms with Gasteiger partial charge in [-0.05, 0) is 47.5 Å². The molecular formula is C40H34N6O8. The standard InChI is InChI=1S/2C20H17N3O4/c2*21-17-12-19(13-4-2-1-3-5-13)27-18-7-6-15(11-16(17)18)26-20-10-14(23(24)25)8-9-22-20/h2*1-11,17,19H,12,21H2. The van der Waals surface area contributed by atoms with Crippen molar-refractivity contribution in [3.8, 4) is 34.8 Å². The van der Waals surface area contributed by atoms with Crippen molar-refractivity contribution in [1.29, 1.82) is 0 Å². The second kappa shape index (κ2) is 15.8. The number of hydrogen-bond donors (Lipinski definition) is 2. The molecule has 0 bridgehead atoms. The van der Waals surface area contributed by atoms with Crippen LogP contribution in [0.1, 0.15) is 59.4 Å². The lowest BCUT2D eigenvalue weighted by atomic mass is 9.93. The second-order valence-electron chi connectivity index (χ2n) is 12.5. The van der Waals surface area contributed by atoms with Gasteiger partial charge in [0.05, 0.1) is 22.0 Å². The van der Waals surface area contributed by atoms with Gasteiger partial charge in [-0.3, -0.25) is 20.2 Å². The maximum absolute atomic E-state index is 10.9. The fourth-order valence-corrected chi connectivity index (χ4v) is 6.21. The molecular weight excluding hydrogens is 692 g/mol. The Labute approximate surface area is 309 Å². The summed E-state index contributed by atoms with van der Waals surface area (Å²) in [7, 11) is 0. The van der Waals surface area contributed by atoms with Gasteiger partial charge in [-0.25, -0.2) is 9.97 Å². The van der Waals surface area contributed by atoms with E-state index < -0.39 is 9.85 Å². The lowest BCUT2D eigenvalue weighted by molar-refractivity contribution is -0.385. The number of fused-ring (bicyclic) bond motifs is 2. The monoisotopic (exact) mass is 726 g/mol. The quantitative estimate of drug-likeness (QED) is 0.112. The van der Waals surface area contributed by atoms with Crippen LogP contribution < -0.4 is 30.4 Å². The topological polar surface area (TPSA) is 201 Å². The lowest BCUT2D eigenvalue weighted by Gasteiger charge is -2.30. The molecule has 0 saturated heterocycles. The predicted octanol–water partition coefficient (Wildman–Crippen LogP) is 8.61. The lowest BCUT2D eigenvalue weighted by Crippen LogP contribution is -2.24. The number of nitrogens with zero attached hydrogens (tertiary/aromatic N) is 4. The molecule has 2 aliphatic rings. The van der Waals surface area contributed by atoms with Crippen molar-refractivity contribution in [2.45, 2.75) is 37.1 Å². The molecule has 4 heterocycles. The summed E-state index contributed by atoms with van der Waals surface area (Å²) >= 11 is 0. The molecule has 54 heavy (non-hydrogen) atoms. The van der Waals surface area contributed by atoms with E-state index >= 15 is 0 Å². The average molecular weight is 727 g/mol. The summed E-state index contributed by atoms with van der Waals surface area (Å²) in [6.07, 6.45) is 3.78. The molecule has 0 fully saturated rings. The number of rotatable bonds is 8. The highest BCUT2D eigenvalue weighted by atomic mass is 16.6. The van der Waals surface area contributed by atoms with Crippen LogP contribution >= 0.6 is 0 Å². The van der Waals surface area contributed by atoms with Gasteiger partial charge in [0.25, 0.3) is 11.4 Å². The van der Waals surface area contributed by atoms with Crippen LogP contribution in [-0.2, 0) is 0 Å². The Morgan fingerprint density at radius 3 is 1.37 bits per heavy atom. The summed E-state index contributed by atoms with van der Waals surface area (Å²) in [5, 5.41) is 21.8.